The highest BCUT2D eigenvalue weighted by molar-refractivity contribution is 7.10. The quantitative estimate of drug-likeness (QED) is 0.883. The minimum absolute atomic E-state index is 0.0573. The molecule has 1 atom stereocenters. The molecule has 0 aliphatic heterocycles. The largest absolute Gasteiger partial charge is 0.464 e. The fraction of sp³-hybridized carbons (Fsp3) is 0.357. The van der Waals surface area contributed by atoms with Gasteiger partial charge in [0.2, 0.25) is 5.91 Å². The zero-order valence-corrected chi connectivity index (χ0v) is 11.2. The third-order valence-electron chi connectivity index (χ3n) is 3.17. The van der Waals surface area contributed by atoms with E-state index < -0.39 is 6.10 Å². The maximum Gasteiger partial charge on any atom is 0.223 e. The van der Waals surface area contributed by atoms with Crippen molar-refractivity contribution in [3.8, 4) is 11.3 Å². The maximum atomic E-state index is 11.5. The lowest BCUT2D eigenvalue weighted by Gasteiger charge is -2.09. The number of hydrogen-bond donors (Lipinski definition) is 2. The fourth-order valence-corrected chi connectivity index (χ4v) is 2.77. The van der Waals surface area contributed by atoms with Gasteiger partial charge < -0.3 is 14.8 Å². The van der Waals surface area contributed by atoms with Crippen LogP contribution in [0.3, 0.4) is 0 Å². The van der Waals surface area contributed by atoms with Crippen molar-refractivity contribution in [2.24, 2.45) is 5.92 Å². The van der Waals surface area contributed by atoms with E-state index >= 15 is 0 Å². The number of carbonyl (C=O) groups excluding carboxylic acids is 1. The van der Waals surface area contributed by atoms with Crippen LogP contribution in [-0.4, -0.2) is 17.6 Å². The molecule has 0 spiro atoms. The average molecular weight is 277 g/mol. The lowest BCUT2D eigenvalue weighted by Crippen LogP contribution is -2.29. The summed E-state index contributed by atoms with van der Waals surface area (Å²) >= 11 is 1.47. The van der Waals surface area contributed by atoms with Gasteiger partial charge in [-0.2, -0.15) is 0 Å². The molecule has 4 nitrogen and oxygen atoms in total. The van der Waals surface area contributed by atoms with Crippen LogP contribution in [0.25, 0.3) is 11.3 Å². The highest BCUT2D eigenvalue weighted by Gasteiger charge is 2.29. The molecule has 19 heavy (non-hydrogen) atoms. The van der Waals surface area contributed by atoms with Gasteiger partial charge in [-0.25, -0.2) is 0 Å². The highest BCUT2D eigenvalue weighted by atomic mass is 32.1. The number of amides is 1. The Kier molecular flexibility index (Phi) is 3.40. The highest BCUT2D eigenvalue weighted by Crippen LogP contribution is 2.30. The molecule has 1 aliphatic carbocycles. The van der Waals surface area contributed by atoms with Gasteiger partial charge in [-0.1, -0.05) is 0 Å². The SMILES string of the molecule is O=C(NCC(O)c1cc(-c2ccco2)cs1)C1CC1. The summed E-state index contributed by atoms with van der Waals surface area (Å²) in [5, 5.41) is 14.8. The third kappa shape index (κ3) is 2.88. The second-order valence-corrected chi connectivity index (χ2v) is 5.69. The van der Waals surface area contributed by atoms with Crippen LogP contribution in [-0.2, 0) is 4.79 Å². The summed E-state index contributed by atoms with van der Waals surface area (Å²) in [6, 6.07) is 5.61. The Labute approximate surface area is 115 Å². The van der Waals surface area contributed by atoms with Crippen LogP contribution in [0.2, 0.25) is 0 Å². The van der Waals surface area contributed by atoms with Crippen LogP contribution in [0.1, 0.15) is 23.8 Å². The predicted octanol–water partition coefficient (Wildman–Crippen LogP) is 2.57. The number of carbonyl (C=O) groups is 1. The van der Waals surface area contributed by atoms with Crippen LogP contribution in [0.5, 0.6) is 0 Å². The van der Waals surface area contributed by atoms with Crippen molar-refractivity contribution in [2.75, 3.05) is 6.54 Å². The lowest BCUT2D eigenvalue weighted by atomic mass is 10.2. The smallest absolute Gasteiger partial charge is 0.223 e. The van der Waals surface area contributed by atoms with Crippen LogP contribution >= 0.6 is 11.3 Å². The molecule has 1 fully saturated rings. The molecule has 0 radical (unpaired) electrons. The van der Waals surface area contributed by atoms with E-state index in [2.05, 4.69) is 5.32 Å². The van der Waals surface area contributed by atoms with E-state index in [1.165, 1.54) is 11.3 Å². The van der Waals surface area contributed by atoms with Gasteiger partial charge in [0.05, 0.1) is 6.26 Å². The first-order valence-electron chi connectivity index (χ1n) is 6.32. The summed E-state index contributed by atoms with van der Waals surface area (Å²) in [5.74, 6) is 1.02. The van der Waals surface area contributed by atoms with Gasteiger partial charge >= 0.3 is 0 Å². The predicted molar refractivity (Wildman–Crippen MR) is 72.7 cm³/mol. The summed E-state index contributed by atoms with van der Waals surface area (Å²) in [6.45, 7) is 0.271. The van der Waals surface area contributed by atoms with Crippen molar-refractivity contribution in [1.82, 2.24) is 5.32 Å². The van der Waals surface area contributed by atoms with Crippen LogP contribution in [0.15, 0.2) is 34.3 Å². The molecular weight excluding hydrogens is 262 g/mol. The Morgan fingerprint density at radius 3 is 3.11 bits per heavy atom. The van der Waals surface area contributed by atoms with Crippen LogP contribution < -0.4 is 5.32 Å². The number of hydrogen-bond acceptors (Lipinski definition) is 4. The zero-order chi connectivity index (χ0) is 13.2. The maximum absolute atomic E-state index is 11.5. The van der Waals surface area contributed by atoms with Crippen LogP contribution in [0.4, 0.5) is 0 Å². The molecular formula is C14H15NO3S. The number of aliphatic hydroxyl groups excluding tert-OH is 1. The Balaban J connectivity index is 1.60. The Morgan fingerprint density at radius 1 is 1.58 bits per heavy atom. The molecule has 2 heterocycles. The average Bonchev–Trinajstić information content (AvgIpc) is 2.94. The van der Waals surface area contributed by atoms with Crippen molar-refractivity contribution in [3.05, 3.63) is 34.7 Å². The minimum atomic E-state index is -0.656. The van der Waals surface area contributed by atoms with Gasteiger partial charge in [0.25, 0.3) is 0 Å². The van der Waals surface area contributed by atoms with E-state index in [0.717, 1.165) is 29.0 Å². The number of nitrogens with one attached hydrogen (secondary N) is 1. The van der Waals surface area contributed by atoms with Gasteiger partial charge in [-0.15, -0.1) is 11.3 Å². The van der Waals surface area contributed by atoms with Crippen molar-refractivity contribution in [2.45, 2.75) is 18.9 Å². The Hall–Kier alpha value is -1.59. The first-order chi connectivity index (χ1) is 9.24. The van der Waals surface area contributed by atoms with Gasteiger partial charge in [0.1, 0.15) is 11.9 Å². The van der Waals surface area contributed by atoms with Gasteiger partial charge in [0, 0.05) is 28.3 Å². The topological polar surface area (TPSA) is 62.5 Å². The second-order valence-electron chi connectivity index (χ2n) is 4.75. The molecule has 2 aromatic rings. The van der Waals surface area contributed by atoms with Crippen molar-refractivity contribution < 1.29 is 14.3 Å². The van der Waals surface area contributed by atoms with Crippen LogP contribution in [0, 0.1) is 5.92 Å². The molecule has 1 saturated carbocycles. The number of thiophene rings is 1. The number of aliphatic hydroxyl groups is 1. The van der Waals surface area contributed by atoms with E-state index in [4.69, 9.17) is 4.42 Å². The molecule has 100 valence electrons. The zero-order valence-electron chi connectivity index (χ0n) is 10.3. The van der Waals surface area contributed by atoms with Gasteiger partial charge in [-0.05, 0) is 31.0 Å². The number of rotatable bonds is 5. The summed E-state index contributed by atoms with van der Waals surface area (Å²) in [6.07, 6.45) is 2.92. The van der Waals surface area contributed by atoms with E-state index in [9.17, 15) is 9.90 Å². The van der Waals surface area contributed by atoms with E-state index in [1.807, 2.05) is 23.6 Å². The summed E-state index contributed by atoms with van der Waals surface area (Å²) < 4.78 is 5.31. The summed E-state index contributed by atoms with van der Waals surface area (Å²) in [5.41, 5.74) is 0.956. The molecule has 3 rings (SSSR count). The van der Waals surface area contributed by atoms with Crippen molar-refractivity contribution in [1.29, 1.82) is 0 Å². The minimum Gasteiger partial charge on any atom is -0.464 e. The van der Waals surface area contributed by atoms with Gasteiger partial charge in [-0.3, -0.25) is 4.79 Å². The van der Waals surface area contributed by atoms with E-state index in [0.29, 0.717) is 0 Å². The Bertz CT molecular complexity index is 557. The summed E-state index contributed by atoms with van der Waals surface area (Å²) in [4.78, 5) is 12.3. The lowest BCUT2D eigenvalue weighted by molar-refractivity contribution is -0.122. The molecule has 1 aliphatic rings. The third-order valence-corrected chi connectivity index (χ3v) is 4.21. The molecule has 0 saturated heterocycles. The first-order valence-corrected chi connectivity index (χ1v) is 7.20. The fourth-order valence-electron chi connectivity index (χ4n) is 1.89. The normalized spacial score (nSPS) is 16.3. The second kappa shape index (κ2) is 5.19. The molecule has 0 bridgehead atoms. The summed E-state index contributed by atoms with van der Waals surface area (Å²) in [7, 11) is 0. The molecule has 1 unspecified atom stereocenters. The van der Waals surface area contributed by atoms with E-state index in [-0.39, 0.29) is 18.4 Å². The molecule has 0 aromatic carbocycles. The van der Waals surface area contributed by atoms with Crippen molar-refractivity contribution in [3.63, 3.8) is 0 Å². The molecule has 2 aromatic heterocycles. The standard InChI is InChI=1S/C14H15NO3S/c16-11(7-15-14(17)9-3-4-9)13-6-10(8-19-13)12-2-1-5-18-12/h1-2,5-6,8-9,11,16H,3-4,7H2,(H,15,17). The Morgan fingerprint density at radius 2 is 2.42 bits per heavy atom. The van der Waals surface area contributed by atoms with E-state index in [1.54, 1.807) is 6.26 Å². The molecule has 5 heteroatoms. The number of furan rings is 1. The van der Waals surface area contributed by atoms with Gasteiger partial charge in [0.15, 0.2) is 0 Å². The molecule has 1 amide bonds. The monoisotopic (exact) mass is 277 g/mol. The van der Waals surface area contributed by atoms with Crippen molar-refractivity contribution >= 4 is 17.2 Å². The first kappa shape index (κ1) is 12.4. The molecule has 2 N–H and O–H groups in total.